The number of hydrogen-bond acceptors (Lipinski definition) is 5. The third kappa shape index (κ3) is 4.95. The lowest BCUT2D eigenvalue weighted by Crippen LogP contribution is -2.29. The number of fused-ring (bicyclic) bond motifs is 1. The lowest BCUT2D eigenvalue weighted by molar-refractivity contribution is -0.121. The average molecular weight is 543 g/mol. The van der Waals surface area contributed by atoms with E-state index in [1.807, 2.05) is 102 Å². The molecule has 0 radical (unpaired) electrons. The molecule has 4 aromatic carbocycles. The summed E-state index contributed by atoms with van der Waals surface area (Å²) in [7, 11) is 1.64. The van der Waals surface area contributed by atoms with Crippen molar-refractivity contribution in [1.29, 1.82) is 0 Å². The highest BCUT2D eigenvalue weighted by atomic mass is 32.2. The second kappa shape index (κ2) is 11.1. The van der Waals surface area contributed by atoms with Crippen molar-refractivity contribution in [3.63, 3.8) is 0 Å². The number of amidine groups is 1. The molecule has 0 saturated carbocycles. The van der Waals surface area contributed by atoms with Gasteiger partial charge in [0.2, 0.25) is 0 Å². The number of amides is 1. The molecule has 1 aliphatic rings. The Labute approximate surface area is 236 Å². The summed E-state index contributed by atoms with van der Waals surface area (Å²) in [5.74, 6) is 0.652. The van der Waals surface area contributed by atoms with Crippen LogP contribution in [0, 0.1) is 0 Å². The lowest BCUT2D eigenvalue weighted by atomic mass is 10.1. The Kier molecular flexibility index (Phi) is 7.04. The topological polar surface area (TPSA) is 59.7 Å². The first-order valence-electron chi connectivity index (χ1n) is 12.8. The molecule has 1 fully saturated rings. The van der Waals surface area contributed by atoms with Crippen LogP contribution in [0.25, 0.3) is 33.8 Å². The zero-order valence-electron chi connectivity index (χ0n) is 21.9. The van der Waals surface area contributed by atoms with Crippen LogP contribution >= 0.6 is 11.8 Å². The highest BCUT2D eigenvalue weighted by Crippen LogP contribution is 2.37. The van der Waals surface area contributed by atoms with Gasteiger partial charge in [-0.1, -0.05) is 60.7 Å². The average Bonchev–Trinajstić information content (AvgIpc) is 3.55. The van der Waals surface area contributed by atoms with Crippen molar-refractivity contribution in [3.05, 3.63) is 126 Å². The minimum Gasteiger partial charge on any atom is -0.497 e. The number of carbonyl (C=O) groups is 1. The van der Waals surface area contributed by atoms with E-state index in [0.717, 1.165) is 44.7 Å². The van der Waals surface area contributed by atoms with Gasteiger partial charge in [-0.05, 0) is 65.7 Å². The van der Waals surface area contributed by atoms with Gasteiger partial charge < -0.3 is 4.74 Å². The van der Waals surface area contributed by atoms with Crippen molar-refractivity contribution in [2.45, 2.75) is 0 Å². The van der Waals surface area contributed by atoms with E-state index in [-0.39, 0.29) is 5.91 Å². The molecule has 6 nitrogen and oxygen atoms in total. The molecular weight excluding hydrogens is 516 g/mol. The Morgan fingerprint density at radius 3 is 2.48 bits per heavy atom. The van der Waals surface area contributed by atoms with Crippen LogP contribution in [-0.2, 0) is 4.79 Å². The van der Waals surface area contributed by atoms with Crippen molar-refractivity contribution in [2.75, 3.05) is 13.7 Å². The van der Waals surface area contributed by atoms with Crippen LogP contribution in [-0.4, -0.2) is 39.4 Å². The molecule has 7 heteroatoms. The number of aliphatic imine (C=N–C) groups is 1. The Bertz CT molecular complexity index is 1770. The number of benzene rings is 4. The zero-order chi connectivity index (χ0) is 27.5. The fourth-order valence-electron chi connectivity index (χ4n) is 4.61. The first-order chi connectivity index (χ1) is 19.6. The van der Waals surface area contributed by atoms with Crippen LogP contribution in [0.5, 0.6) is 5.75 Å². The van der Waals surface area contributed by atoms with Crippen LogP contribution < -0.4 is 4.74 Å². The second-order valence-corrected chi connectivity index (χ2v) is 10.2. The van der Waals surface area contributed by atoms with Gasteiger partial charge in [-0.25, -0.2) is 9.67 Å². The molecule has 1 amide bonds. The number of methoxy groups -OCH3 is 1. The highest BCUT2D eigenvalue weighted by Gasteiger charge is 2.33. The van der Waals surface area contributed by atoms with Crippen LogP contribution in [0.4, 0.5) is 5.69 Å². The molecule has 0 N–H and O–H groups in total. The van der Waals surface area contributed by atoms with Crippen molar-refractivity contribution < 1.29 is 9.53 Å². The third-order valence-electron chi connectivity index (χ3n) is 6.60. The Morgan fingerprint density at radius 2 is 1.70 bits per heavy atom. The monoisotopic (exact) mass is 542 g/mol. The Balaban J connectivity index is 1.44. The maximum Gasteiger partial charge on any atom is 0.267 e. The summed E-state index contributed by atoms with van der Waals surface area (Å²) < 4.78 is 7.18. The van der Waals surface area contributed by atoms with Gasteiger partial charge in [-0.15, -0.1) is 6.58 Å². The molecule has 196 valence electrons. The lowest BCUT2D eigenvalue weighted by Gasteiger charge is -2.13. The predicted molar refractivity (Wildman–Crippen MR) is 164 cm³/mol. The molecule has 1 saturated heterocycles. The number of thioether (sulfide) groups is 1. The van der Waals surface area contributed by atoms with Crippen molar-refractivity contribution in [1.82, 2.24) is 14.7 Å². The van der Waals surface area contributed by atoms with Gasteiger partial charge in [0.05, 0.1) is 29.1 Å². The van der Waals surface area contributed by atoms with E-state index < -0.39 is 0 Å². The fourth-order valence-corrected chi connectivity index (χ4v) is 5.60. The number of ether oxygens (including phenoxy) is 1. The summed E-state index contributed by atoms with van der Waals surface area (Å²) in [6.07, 6.45) is 5.57. The molecule has 0 unspecified atom stereocenters. The summed E-state index contributed by atoms with van der Waals surface area (Å²) in [5, 5.41) is 7.65. The smallest absolute Gasteiger partial charge is 0.267 e. The van der Waals surface area contributed by atoms with Crippen LogP contribution in [0.1, 0.15) is 5.56 Å². The molecule has 1 aliphatic heterocycles. The van der Waals surface area contributed by atoms with E-state index in [4.69, 9.17) is 14.8 Å². The van der Waals surface area contributed by atoms with Gasteiger partial charge >= 0.3 is 0 Å². The summed E-state index contributed by atoms with van der Waals surface area (Å²) in [4.78, 5) is 20.8. The van der Waals surface area contributed by atoms with Gasteiger partial charge in [-0.3, -0.25) is 9.69 Å². The summed E-state index contributed by atoms with van der Waals surface area (Å²) in [6.45, 7) is 4.23. The molecule has 0 aliphatic carbocycles. The minimum atomic E-state index is -0.114. The maximum atomic E-state index is 13.6. The Morgan fingerprint density at radius 1 is 0.950 bits per heavy atom. The van der Waals surface area contributed by atoms with E-state index in [0.29, 0.717) is 16.6 Å². The molecule has 5 aromatic rings. The fraction of sp³-hybridized carbons (Fsp3) is 0.0606. The summed E-state index contributed by atoms with van der Waals surface area (Å²) >= 11 is 1.36. The molecule has 0 spiro atoms. The molecule has 40 heavy (non-hydrogen) atoms. The van der Waals surface area contributed by atoms with Gasteiger partial charge in [-0.2, -0.15) is 5.10 Å². The van der Waals surface area contributed by atoms with E-state index in [1.54, 1.807) is 18.1 Å². The Hall–Kier alpha value is -4.88. The van der Waals surface area contributed by atoms with Crippen molar-refractivity contribution in [2.24, 2.45) is 4.99 Å². The summed E-state index contributed by atoms with van der Waals surface area (Å²) in [5.41, 5.74) is 4.26. The maximum absolute atomic E-state index is 13.6. The first-order valence-corrected chi connectivity index (χ1v) is 13.6. The quantitative estimate of drug-likeness (QED) is 0.158. The number of rotatable bonds is 7. The normalized spacial score (nSPS) is 15.3. The van der Waals surface area contributed by atoms with Gasteiger partial charge in [0.1, 0.15) is 5.75 Å². The van der Waals surface area contributed by atoms with E-state index in [9.17, 15) is 4.79 Å². The number of hydrogen-bond donors (Lipinski definition) is 0. The van der Waals surface area contributed by atoms with Gasteiger partial charge in [0.15, 0.2) is 5.17 Å². The zero-order valence-corrected chi connectivity index (χ0v) is 22.7. The van der Waals surface area contributed by atoms with E-state index in [2.05, 4.69) is 18.7 Å². The molecule has 6 rings (SSSR count). The van der Waals surface area contributed by atoms with E-state index >= 15 is 0 Å². The number of carbonyl (C=O) groups excluding carboxylic acids is 1. The van der Waals surface area contributed by atoms with Crippen LogP contribution in [0.2, 0.25) is 0 Å². The molecule has 0 bridgehead atoms. The number of aromatic nitrogens is 2. The van der Waals surface area contributed by atoms with Gasteiger partial charge in [0.25, 0.3) is 5.91 Å². The minimum absolute atomic E-state index is 0.114. The van der Waals surface area contributed by atoms with Crippen LogP contribution in [0.15, 0.2) is 126 Å². The van der Waals surface area contributed by atoms with Crippen molar-refractivity contribution in [3.8, 4) is 22.7 Å². The highest BCUT2D eigenvalue weighted by molar-refractivity contribution is 8.18. The molecule has 2 heterocycles. The standard InChI is InChI=1S/C33H26N4O2S/c1-3-20-36-32(38)30(40-33(36)34-29-15-9-11-23-10-7-8-14-28(23)29)21-25-22-37(26-12-5-4-6-13-26)35-31(25)24-16-18-27(39-2)19-17-24/h3-19,21-22H,1,20H2,2H3. The third-order valence-corrected chi connectivity index (χ3v) is 7.60. The first kappa shape index (κ1) is 25.4. The molecule has 1 aromatic heterocycles. The SMILES string of the molecule is C=CCN1C(=O)C(=Cc2cn(-c3ccccc3)nc2-c2ccc(OC)cc2)SC1=Nc1cccc2ccccc12. The van der Waals surface area contributed by atoms with Crippen LogP contribution in [0.3, 0.4) is 0 Å². The molecular formula is C33H26N4O2S. The molecule has 0 atom stereocenters. The summed E-state index contributed by atoms with van der Waals surface area (Å²) in [6, 6.07) is 31.8. The van der Waals surface area contributed by atoms with Gasteiger partial charge in [0, 0.05) is 29.3 Å². The number of para-hydroxylation sites is 1. The number of nitrogens with zero attached hydrogens (tertiary/aromatic N) is 4. The van der Waals surface area contributed by atoms with E-state index in [1.165, 1.54) is 11.8 Å². The predicted octanol–water partition coefficient (Wildman–Crippen LogP) is 7.49. The second-order valence-electron chi connectivity index (χ2n) is 9.15. The largest absolute Gasteiger partial charge is 0.497 e. The van der Waals surface area contributed by atoms with Crippen molar-refractivity contribution >= 4 is 45.4 Å².